The number of likely N-dealkylation sites (N-methyl/N-ethyl adjacent to an activating group) is 1. The van der Waals surface area contributed by atoms with E-state index in [0.717, 1.165) is 36.3 Å². The van der Waals surface area contributed by atoms with Gasteiger partial charge in [0.2, 0.25) is 11.8 Å². The molecule has 3 rings (SSSR count). The van der Waals surface area contributed by atoms with Gasteiger partial charge in [0.25, 0.3) is 0 Å². The molecule has 2 aromatic rings. The van der Waals surface area contributed by atoms with E-state index in [4.69, 9.17) is 0 Å². The summed E-state index contributed by atoms with van der Waals surface area (Å²) in [6.45, 7) is 2.50. The lowest BCUT2D eigenvalue weighted by Crippen LogP contribution is -2.31. The Morgan fingerprint density at radius 2 is 1.85 bits per heavy atom. The van der Waals surface area contributed by atoms with Crippen molar-refractivity contribution < 1.29 is 18.4 Å². The van der Waals surface area contributed by atoms with Gasteiger partial charge >= 0.3 is 0 Å². The van der Waals surface area contributed by atoms with Crippen molar-refractivity contribution in [2.45, 2.75) is 32.2 Å². The van der Waals surface area contributed by atoms with Crippen LogP contribution in [0.1, 0.15) is 36.9 Å². The van der Waals surface area contributed by atoms with Crippen LogP contribution >= 0.6 is 0 Å². The van der Waals surface area contributed by atoms with Crippen LogP contribution < -0.4 is 4.90 Å². The molecular formula is C21H22F2N2O2. The summed E-state index contributed by atoms with van der Waals surface area (Å²) in [5.41, 5.74) is 2.21. The first-order valence-corrected chi connectivity index (χ1v) is 8.96. The lowest BCUT2D eigenvalue weighted by atomic mass is 10.1. The fraction of sp³-hybridized carbons (Fsp3) is 0.333. The number of halogens is 2. The van der Waals surface area contributed by atoms with E-state index in [1.54, 1.807) is 18.9 Å². The SMILES string of the molecule is CC(c1ccc(F)c(F)c1)N(C)C(=O)Cc1ccc(N2CCCC2=O)cc1. The maximum atomic E-state index is 13.4. The second-order valence-electron chi connectivity index (χ2n) is 6.85. The van der Waals surface area contributed by atoms with Gasteiger partial charge in [0.15, 0.2) is 11.6 Å². The Morgan fingerprint density at radius 3 is 2.44 bits per heavy atom. The molecule has 27 heavy (non-hydrogen) atoms. The third-order valence-electron chi connectivity index (χ3n) is 5.08. The molecule has 1 heterocycles. The molecule has 0 saturated carbocycles. The summed E-state index contributed by atoms with van der Waals surface area (Å²) in [7, 11) is 1.64. The topological polar surface area (TPSA) is 40.6 Å². The van der Waals surface area contributed by atoms with Crippen LogP contribution in [0.2, 0.25) is 0 Å². The molecular weight excluding hydrogens is 350 g/mol. The Balaban J connectivity index is 1.65. The van der Waals surface area contributed by atoms with Gasteiger partial charge in [-0.05, 0) is 48.7 Å². The second kappa shape index (κ2) is 7.86. The van der Waals surface area contributed by atoms with E-state index in [0.29, 0.717) is 12.0 Å². The van der Waals surface area contributed by atoms with Crippen molar-refractivity contribution in [2.24, 2.45) is 0 Å². The molecule has 0 bridgehead atoms. The van der Waals surface area contributed by atoms with E-state index < -0.39 is 11.6 Å². The molecule has 1 saturated heterocycles. The van der Waals surface area contributed by atoms with Gasteiger partial charge in [-0.25, -0.2) is 8.78 Å². The van der Waals surface area contributed by atoms with Crippen LogP contribution in [0.3, 0.4) is 0 Å². The summed E-state index contributed by atoms with van der Waals surface area (Å²) in [5.74, 6) is -1.83. The van der Waals surface area contributed by atoms with Crippen molar-refractivity contribution in [3.8, 4) is 0 Å². The molecule has 0 aliphatic carbocycles. The number of carbonyl (C=O) groups excluding carboxylic acids is 2. The average molecular weight is 372 g/mol. The standard InChI is InChI=1S/C21H22F2N2O2/c1-14(16-7-10-18(22)19(23)13-16)24(2)21(27)12-15-5-8-17(9-6-15)25-11-3-4-20(25)26/h5-10,13-14H,3-4,11-12H2,1-2H3. The van der Waals surface area contributed by atoms with Crippen molar-refractivity contribution in [3.05, 3.63) is 65.2 Å². The van der Waals surface area contributed by atoms with Crippen molar-refractivity contribution in [1.29, 1.82) is 0 Å². The van der Waals surface area contributed by atoms with E-state index in [9.17, 15) is 18.4 Å². The average Bonchev–Trinajstić information content (AvgIpc) is 3.09. The highest BCUT2D eigenvalue weighted by atomic mass is 19.2. The first kappa shape index (κ1) is 19.0. The largest absolute Gasteiger partial charge is 0.339 e. The minimum atomic E-state index is -0.924. The molecule has 0 spiro atoms. The Morgan fingerprint density at radius 1 is 1.15 bits per heavy atom. The van der Waals surface area contributed by atoms with Gasteiger partial charge in [-0.2, -0.15) is 0 Å². The molecule has 0 radical (unpaired) electrons. The summed E-state index contributed by atoms with van der Waals surface area (Å²) in [6, 6.07) is 10.7. The van der Waals surface area contributed by atoms with Crippen molar-refractivity contribution in [2.75, 3.05) is 18.5 Å². The molecule has 0 N–H and O–H groups in total. The summed E-state index contributed by atoms with van der Waals surface area (Å²) in [5, 5.41) is 0. The zero-order valence-corrected chi connectivity index (χ0v) is 15.4. The Hall–Kier alpha value is -2.76. The number of benzene rings is 2. The second-order valence-corrected chi connectivity index (χ2v) is 6.85. The molecule has 2 amide bonds. The van der Waals surface area contributed by atoms with Crippen molar-refractivity contribution in [3.63, 3.8) is 0 Å². The number of amides is 2. The zero-order chi connectivity index (χ0) is 19.6. The quantitative estimate of drug-likeness (QED) is 0.800. The van der Waals surface area contributed by atoms with Gasteiger partial charge in [0.05, 0.1) is 12.5 Å². The highest BCUT2D eigenvalue weighted by molar-refractivity contribution is 5.95. The van der Waals surface area contributed by atoms with E-state index in [1.165, 1.54) is 11.0 Å². The van der Waals surface area contributed by atoms with Gasteiger partial charge < -0.3 is 9.80 Å². The van der Waals surface area contributed by atoms with Crippen LogP contribution in [0.25, 0.3) is 0 Å². The van der Waals surface area contributed by atoms with Crippen molar-refractivity contribution >= 4 is 17.5 Å². The highest BCUT2D eigenvalue weighted by Gasteiger charge is 2.22. The Labute approximate surface area is 157 Å². The molecule has 1 unspecified atom stereocenters. The molecule has 1 atom stereocenters. The third-order valence-corrected chi connectivity index (χ3v) is 5.08. The number of rotatable bonds is 5. The Bertz CT molecular complexity index is 852. The fourth-order valence-corrected chi connectivity index (χ4v) is 3.23. The minimum absolute atomic E-state index is 0.124. The maximum Gasteiger partial charge on any atom is 0.227 e. The molecule has 2 aromatic carbocycles. The van der Waals surface area contributed by atoms with Gasteiger partial charge in [0, 0.05) is 25.7 Å². The summed E-state index contributed by atoms with van der Waals surface area (Å²) in [6.07, 6.45) is 1.64. The highest BCUT2D eigenvalue weighted by Crippen LogP contribution is 2.24. The molecule has 0 aromatic heterocycles. The first-order chi connectivity index (χ1) is 12.9. The molecule has 6 heteroatoms. The molecule has 142 valence electrons. The van der Waals surface area contributed by atoms with Gasteiger partial charge in [-0.15, -0.1) is 0 Å². The number of hydrogen-bond donors (Lipinski definition) is 0. The normalized spacial score (nSPS) is 15.1. The first-order valence-electron chi connectivity index (χ1n) is 8.96. The predicted octanol–water partition coefficient (Wildman–Crippen LogP) is 3.85. The minimum Gasteiger partial charge on any atom is -0.339 e. The molecule has 1 fully saturated rings. The smallest absolute Gasteiger partial charge is 0.227 e. The van der Waals surface area contributed by atoms with Crippen molar-refractivity contribution in [1.82, 2.24) is 4.90 Å². The summed E-state index contributed by atoms with van der Waals surface area (Å²) >= 11 is 0. The van der Waals surface area contributed by atoms with Gasteiger partial charge in [-0.3, -0.25) is 9.59 Å². The number of carbonyl (C=O) groups is 2. The van der Waals surface area contributed by atoms with E-state index in [1.807, 2.05) is 24.3 Å². The van der Waals surface area contributed by atoms with Crippen LogP contribution in [0.5, 0.6) is 0 Å². The van der Waals surface area contributed by atoms with Crippen LogP contribution in [0.15, 0.2) is 42.5 Å². The van der Waals surface area contributed by atoms with Crippen LogP contribution in [0.4, 0.5) is 14.5 Å². The number of hydrogen-bond acceptors (Lipinski definition) is 2. The summed E-state index contributed by atoms with van der Waals surface area (Å²) < 4.78 is 26.5. The van der Waals surface area contributed by atoms with E-state index in [2.05, 4.69) is 0 Å². The van der Waals surface area contributed by atoms with E-state index >= 15 is 0 Å². The monoisotopic (exact) mass is 372 g/mol. The zero-order valence-electron chi connectivity index (χ0n) is 15.4. The van der Waals surface area contributed by atoms with Gasteiger partial charge in [0.1, 0.15) is 0 Å². The molecule has 1 aliphatic heterocycles. The van der Waals surface area contributed by atoms with Crippen LogP contribution in [-0.4, -0.2) is 30.3 Å². The van der Waals surface area contributed by atoms with Crippen LogP contribution in [0, 0.1) is 11.6 Å². The fourth-order valence-electron chi connectivity index (χ4n) is 3.23. The number of anilines is 1. The predicted molar refractivity (Wildman–Crippen MR) is 99.3 cm³/mol. The molecule has 4 nitrogen and oxygen atoms in total. The van der Waals surface area contributed by atoms with Gasteiger partial charge in [-0.1, -0.05) is 18.2 Å². The van der Waals surface area contributed by atoms with E-state index in [-0.39, 0.29) is 24.3 Å². The summed E-state index contributed by atoms with van der Waals surface area (Å²) in [4.78, 5) is 27.6. The lowest BCUT2D eigenvalue weighted by molar-refractivity contribution is -0.131. The lowest BCUT2D eigenvalue weighted by Gasteiger charge is -2.25. The number of nitrogens with zero attached hydrogens (tertiary/aromatic N) is 2. The molecule has 1 aliphatic rings. The Kier molecular flexibility index (Phi) is 5.54. The third kappa shape index (κ3) is 4.15. The van der Waals surface area contributed by atoms with Crippen LogP contribution in [-0.2, 0) is 16.0 Å². The maximum absolute atomic E-state index is 13.4.